The van der Waals surface area contributed by atoms with Gasteiger partial charge in [-0.15, -0.1) is 40.7 Å². The number of aliphatic hydroxyl groups is 1. The van der Waals surface area contributed by atoms with Crippen molar-refractivity contribution in [3.05, 3.63) is 99.8 Å². The molecule has 5 heteroatoms. The number of pyridine rings is 1. The number of aryl methyl sites for hydroxylation is 3. The van der Waals surface area contributed by atoms with Crippen molar-refractivity contribution in [3.63, 3.8) is 0 Å². The van der Waals surface area contributed by atoms with E-state index in [2.05, 4.69) is 103 Å². The average molecular weight is 865 g/mol. The number of carbonyl (C=O) groups is 1. The van der Waals surface area contributed by atoms with Gasteiger partial charge in [0.25, 0.3) is 0 Å². The van der Waals surface area contributed by atoms with Crippen LogP contribution in [0.2, 0.25) is 0 Å². The van der Waals surface area contributed by atoms with Crippen LogP contribution in [0.3, 0.4) is 0 Å². The van der Waals surface area contributed by atoms with Gasteiger partial charge in [-0.2, -0.15) is 0 Å². The molecule has 1 N–H and O–H groups in total. The van der Waals surface area contributed by atoms with Gasteiger partial charge in [0.1, 0.15) is 0 Å². The van der Waals surface area contributed by atoms with Gasteiger partial charge in [0.05, 0.1) is 11.3 Å². The number of nitrogens with zero attached hydrogens (tertiary/aromatic N) is 1. The number of hydrogen-bond donors (Lipinski definition) is 1. The van der Waals surface area contributed by atoms with E-state index >= 15 is 0 Å². The Hall–Kier alpha value is -3.11. The molecule has 2 aromatic heterocycles. The van der Waals surface area contributed by atoms with Crippen LogP contribution in [0.25, 0.3) is 42.7 Å². The summed E-state index contributed by atoms with van der Waals surface area (Å²) in [6.07, 6.45) is 4.91. The standard InChI is InChI=1S/C32H30NS.C13H24O2.Ir/c1-17(2)21-11-12-27-24(16-21)30-31(34-27)23-10-8-9-22(29(23)32(30,6)7)25-15-20(5)28-19(4)13-18(3)14-26(28)33-25;1-5-10(6-2)12(14)9-13(15)11(7-3)8-4;/h8,10-17H,1-7H3;9-11,14H,5-8H2,1-4H3;/q-1;;/b;12-9-;. The van der Waals surface area contributed by atoms with Gasteiger partial charge >= 0.3 is 0 Å². The van der Waals surface area contributed by atoms with E-state index in [1.54, 1.807) is 0 Å². The fraction of sp³-hybridized carbons (Fsp3) is 0.422. The second-order valence-electron chi connectivity index (χ2n) is 14.8. The zero-order chi connectivity index (χ0) is 35.8. The molecule has 50 heavy (non-hydrogen) atoms. The van der Waals surface area contributed by atoms with Crippen LogP contribution in [-0.2, 0) is 30.3 Å². The summed E-state index contributed by atoms with van der Waals surface area (Å²) < 4.78 is 1.38. The summed E-state index contributed by atoms with van der Waals surface area (Å²) in [7, 11) is 0. The number of carbonyl (C=O) groups excluding carboxylic acids is 1. The smallest absolute Gasteiger partial charge is 0.162 e. The van der Waals surface area contributed by atoms with Crippen molar-refractivity contribution in [1.82, 2.24) is 4.98 Å². The van der Waals surface area contributed by atoms with E-state index in [-0.39, 0.29) is 48.9 Å². The van der Waals surface area contributed by atoms with Crippen molar-refractivity contribution in [2.45, 2.75) is 113 Å². The van der Waals surface area contributed by atoms with Crippen LogP contribution in [0.1, 0.15) is 120 Å². The minimum absolute atomic E-state index is 0. The monoisotopic (exact) mass is 865 g/mol. The zero-order valence-electron chi connectivity index (χ0n) is 31.8. The minimum atomic E-state index is -0.112. The third-order valence-corrected chi connectivity index (χ3v) is 11.9. The summed E-state index contributed by atoms with van der Waals surface area (Å²) in [5.74, 6) is 1.07. The van der Waals surface area contributed by atoms with Crippen molar-refractivity contribution < 1.29 is 30.0 Å². The van der Waals surface area contributed by atoms with Crippen LogP contribution in [0.15, 0.2) is 60.4 Å². The summed E-state index contributed by atoms with van der Waals surface area (Å²) in [5, 5.41) is 12.4. The van der Waals surface area contributed by atoms with E-state index in [0.29, 0.717) is 5.92 Å². The molecule has 3 aromatic carbocycles. The topological polar surface area (TPSA) is 50.2 Å². The summed E-state index contributed by atoms with van der Waals surface area (Å²) >= 11 is 1.93. The molecule has 267 valence electrons. The minimum Gasteiger partial charge on any atom is -0.512 e. The van der Waals surface area contributed by atoms with Crippen LogP contribution in [0.4, 0.5) is 0 Å². The van der Waals surface area contributed by atoms with E-state index in [1.165, 1.54) is 65.4 Å². The van der Waals surface area contributed by atoms with Gasteiger partial charge in [0.2, 0.25) is 0 Å². The van der Waals surface area contributed by atoms with Crippen molar-refractivity contribution in [1.29, 1.82) is 0 Å². The first-order chi connectivity index (χ1) is 23.3. The molecular weight excluding hydrogens is 811 g/mol. The maximum absolute atomic E-state index is 11.7. The van der Waals surface area contributed by atoms with Gasteiger partial charge in [0, 0.05) is 53.0 Å². The Bertz CT molecular complexity index is 2040. The Morgan fingerprint density at radius 2 is 1.54 bits per heavy atom. The first kappa shape index (κ1) is 39.7. The molecular formula is C45H54IrNO2S-. The van der Waals surface area contributed by atoms with Gasteiger partial charge in [-0.05, 0) is 115 Å². The number of aliphatic hydroxyl groups excluding tert-OH is 1. The van der Waals surface area contributed by atoms with Gasteiger partial charge in [-0.25, -0.2) is 0 Å². The predicted octanol–water partition coefficient (Wildman–Crippen LogP) is 13.1. The van der Waals surface area contributed by atoms with Crippen molar-refractivity contribution in [2.75, 3.05) is 0 Å². The third kappa shape index (κ3) is 7.43. The largest absolute Gasteiger partial charge is 0.512 e. The van der Waals surface area contributed by atoms with Crippen LogP contribution >= 0.6 is 11.3 Å². The molecule has 2 heterocycles. The second kappa shape index (κ2) is 16.1. The molecule has 0 atom stereocenters. The summed E-state index contributed by atoms with van der Waals surface area (Å²) in [5.41, 5.74) is 12.6. The SMILES string of the molecule is CCC(CC)C(=O)/C=C(\O)C(CC)CC.Cc1cc(C)c2c(C)cc(-c3[c-]ccc4c3C(C)(C)c3c-4sc4ccc(C(C)C)cc34)nc2c1.[Ir]. The number of fused-ring (bicyclic) bond motifs is 6. The molecule has 0 saturated heterocycles. The molecule has 5 aromatic rings. The number of hydrogen-bond acceptors (Lipinski definition) is 4. The molecule has 0 aliphatic heterocycles. The number of benzene rings is 3. The number of aromatic nitrogens is 1. The molecule has 0 fully saturated rings. The van der Waals surface area contributed by atoms with Crippen LogP contribution in [0, 0.1) is 38.7 Å². The number of thiophene rings is 1. The van der Waals surface area contributed by atoms with E-state index < -0.39 is 0 Å². The van der Waals surface area contributed by atoms with Gasteiger partial charge in [-0.3, -0.25) is 9.78 Å². The number of ketones is 1. The van der Waals surface area contributed by atoms with Crippen molar-refractivity contribution in [2.24, 2.45) is 11.8 Å². The van der Waals surface area contributed by atoms with Gasteiger partial charge in [-0.1, -0.05) is 79.2 Å². The molecule has 3 nitrogen and oxygen atoms in total. The normalized spacial score (nSPS) is 13.4. The summed E-state index contributed by atoms with van der Waals surface area (Å²) in [6, 6.07) is 21.7. The molecule has 0 spiro atoms. The molecule has 1 aliphatic rings. The predicted molar refractivity (Wildman–Crippen MR) is 211 cm³/mol. The molecule has 0 saturated carbocycles. The fourth-order valence-corrected chi connectivity index (χ4v) is 9.22. The van der Waals surface area contributed by atoms with E-state index in [1.807, 2.05) is 39.0 Å². The summed E-state index contributed by atoms with van der Waals surface area (Å²) in [6.45, 7) is 23.9. The van der Waals surface area contributed by atoms with Crippen LogP contribution in [-0.4, -0.2) is 15.9 Å². The Morgan fingerprint density at radius 1 is 0.900 bits per heavy atom. The number of allylic oxidation sites excluding steroid dienone is 2. The average Bonchev–Trinajstić information content (AvgIpc) is 3.54. The van der Waals surface area contributed by atoms with E-state index in [0.717, 1.165) is 42.5 Å². The maximum Gasteiger partial charge on any atom is 0.162 e. The molecule has 1 radical (unpaired) electrons. The quantitative estimate of drug-likeness (QED) is 0.0912. The van der Waals surface area contributed by atoms with Crippen molar-refractivity contribution in [3.8, 4) is 21.7 Å². The first-order valence-electron chi connectivity index (χ1n) is 18.2. The Labute approximate surface area is 318 Å². The Kier molecular flexibility index (Phi) is 12.7. The first-order valence-corrected chi connectivity index (χ1v) is 19.0. The fourth-order valence-electron chi connectivity index (χ4n) is 7.84. The maximum atomic E-state index is 11.7. The molecule has 1 aliphatic carbocycles. The Balaban J connectivity index is 0.000000301. The van der Waals surface area contributed by atoms with Gasteiger partial charge in [0.15, 0.2) is 5.78 Å². The van der Waals surface area contributed by atoms with Crippen molar-refractivity contribution >= 4 is 38.1 Å². The van der Waals surface area contributed by atoms with Crippen LogP contribution < -0.4 is 0 Å². The molecule has 0 unspecified atom stereocenters. The number of rotatable bonds is 9. The second-order valence-corrected chi connectivity index (χ2v) is 15.8. The summed E-state index contributed by atoms with van der Waals surface area (Å²) in [4.78, 5) is 18.3. The van der Waals surface area contributed by atoms with Gasteiger partial charge < -0.3 is 5.11 Å². The van der Waals surface area contributed by atoms with E-state index in [4.69, 9.17) is 4.98 Å². The Morgan fingerprint density at radius 3 is 2.16 bits per heavy atom. The zero-order valence-corrected chi connectivity index (χ0v) is 35.0. The molecule has 6 rings (SSSR count). The van der Waals surface area contributed by atoms with E-state index in [9.17, 15) is 9.90 Å². The van der Waals surface area contributed by atoms with Crippen LogP contribution in [0.5, 0.6) is 0 Å². The molecule has 0 bridgehead atoms. The third-order valence-electron chi connectivity index (χ3n) is 10.7. The molecule has 0 amide bonds.